The Bertz CT molecular complexity index is 234. The molecule has 2 fully saturated rings. The number of rotatable bonds is 3. The van der Waals surface area contributed by atoms with Crippen LogP contribution in [0.1, 0.15) is 33.1 Å². The molecule has 2 aliphatic carbocycles. The minimum atomic E-state index is -0.794. The minimum Gasteiger partial charge on any atom is -0.389 e. The molecule has 2 saturated carbocycles. The van der Waals surface area contributed by atoms with Crippen molar-refractivity contribution in [3.63, 3.8) is 0 Å². The minimum absolute atomic E-state index is 0.138. The van der Waals surface area contributed by atoms with Gasteiger partial charge in [0, 0.05) is 12.5 Å². The van der Waals surface area contributed by atoms with E-state index in [1.807, 2.05) is 0 Å². The van der Waals surface area contributed by atoms with Crippen molar-refractivity contribution in [3.8, 4) is 0 Å². The normalized spacial score (nSPS) is 35.2. The molecule has 2 rings (SSSR count). The van der Waals surface area contributed by atoms with Crippen LogP contribution in [0.5, 0.6) is 0 Å². The lowest BCUT2D eigenvalue weighted by atomic mass is 10.0. The molecule has 0 radical (unpaired) electrons. The molecule has 0 bridgehead atoms. The largest absolute Gasteiger partial charge is 0.389 e. The molecule has 3 nitrogen and oxygen atoms in total. The Labute approximate surface area is 84.9 Å². The average molecular weight is 197 g/mol. The van der Waals surface area contributed by atoms with Crippen LogP contribution in [-0.4, -0.2) is 23.2 Å². The topological polar surface area (TPSA) is 49.3 Å². The second-order valence-electron chi connectivity index (χ2n) is 5.45. The van der Waals surface area contributed by atoms with E-state index in [1.165, 1.54) is 6.42 Å². The van der Waals surface area contributed by atoms with Crippen LogP contribution in [-0.2, 0) is 4.79 Å². The standard InChI is InChI=1S/C11H19NO2/c1-11(2,14)6-12-10(13)9-4-7-3-8(7)5-9/h7-9,14H,3-6H2,1-2H3,(H,12,13). The Kier molecular flexibility index (Phi) is 2.30. The third kappa shape index (κ3) is 2.27. The van der Waals surface area contributed by atoms with Gasteiger partial charge in [-0.1, -0.05) is 0 Å². The highest BCUT2D eigenvalue weighted by atomic mass is 16.3. The Balaban J connectivity index is 1.73. The molecule has 0 spiro atoms. The number of hydrogen-bond donors (Lipinski definition) is 2. The summed E-state index contributed by atoms with van der Waals surface area (Å²) in [5, 5.41) is 12.3. The van der Waals surface area contributed by atoms with E-state index < -0.39 is 5.60 Å². The molecule has 80 valence electrons. The van der Waals surface area contributed by atoms with E-state index in [0.717, 1.165) is 24.7 Å². The first kappa shape index (κ1) is 9.97. The summed E-state index contributed by atoms with van der Waals surface area (Å²) in [5.74, 6) is 2.04. The van der Waals surface area contributed by atoms with Crippen LogP contribution in [0, 0.1) is 17.8 Å². The zero-order valence-electron chi connectivity index (χ0n) is 8.92. The molecule has 0 aliphatic heterocycles. The second kappa shape index (κ2) is 3.23. The Hall–Kier alpha value is -0.570. The summed E-state index contributed by atoms with van der Waals surface area (Å²) in [6, 6.07) is 0. The fourth-order valence-corrected chi connectivity index (χ4v) is 2.38. The van der Waals surface area contributed by atoms with Crippen molar-refractivity contribution in [3.05, 3.63) is 0 Å². The van der Waals surface area contributed by atoms with Crippen molar-refractivity contribution in [1.82, 2.24) is 5.32 Å². The molecule has 0 aromatic rings. The van der Waals surface area contributed by atoms with Crippen molar-refractivity contribution in [2.24, 2.45) is 17.8 Å². The predicted octanol–water partition coefficient (Wildman–Crippen LogP) is 0.920. The van der Waals surface area contributed by atoms with Gasteiger partial charge >= 0.3 is 0 Å². The van der Waals surface area contributed by atoms with Gasteiger partial charge in [0.2, 0.25) is 5.91 Å². The monoisotopic (exact) mass is 197 g/mol. The van der Waals surface area contributed by atoms with Gasteiger partial charge in [-0.15, -0.1) is 0 Å². The van der Waals surface area contributed by atoms with E-state index in [1.54, 1.807) is 13.8 Å². The van der Waals surface area contributed by atoms with Gasteiger partial charge in [-0.2, -0.15) is 0 Å². The first-order valence-corrected chi connectivity index (χ1v) is 5.46. The van der Waals surface area contributed by atoms with Crippen LogP contribution in [0.2, 0.25) is 0 Å². The number of carbonyl (C=O) groups excluding carboxylic acids is 1. The predicted molar refractivity (Wildman–Crippen MR) is 53.6 cm³/mol. The van der Waals surface area contributed by atoms with Crippen LogP contribution in [0.15, 0.2) is 0 Å². The molecule has 0 heterocycles. The molecule has 2 N–H and O–H groups in total. The lowest BCUT2D eigenvalue weighted by molar-refractivity contribution is -0.126. The zero-order valence-corrected chi connectivity index (χ0v) is 8.92. The van der Waals surface area contributed by atoms with Crippen molar-refractivity contribution in [2.75, 3.05) is 6.54 Å². The Morgan fingerprint density at radius 3 is 2.43 bits per heavy atom. The van der Waals surface area contributed by atoms with Gasteiger partial charge < -0.3 is 10.4 Å². The van der Waals surface area contributed by atoms with Gasteiger partial charge in [-0.3, -0.25) is 4.79 Å². The Morgan fingerprint density at radius 1 is 1.36 bits per heavy atom. The highest BCUT2D eigenvalue weighted by Crippen LogP contribution is 2.54. The van der Waals surface area contributed by atoms with Gasteiger partial charge in [0.25, 0.3) is 0 Å². The van der Waals surface area contributed by atoms with Crippen LogP contribution >= 0.6 is 0 Å². The average Bonchev–Trinajstić information content (AvgIpc) is 2.68. The van der Waals surface area contributed by atoms with Gasteiger partial charge in [0.05, 0.1) is 5.60 Å². The smallest absolute Gasteiger partial charge is 0.223 e. The molecule has 1 amide bonds. The molecule has 2 aliphatic rings. The summed E-state index contributed by atoms with van der Waals surface area (Å²) in [6.07, 6.45) is 3.49. The molecule has 0 aromatic heterocycles. The first-order chi connectivity index (χ1) is 6.46. The maximum Gasteiger partial charge on any atom is 0.223 e. The van der Waals surface area contributed by atoms with E-state index in [-0.39, 0.29) is 11.8 Å². The molecule has 0 saturated heterocycles. The van der Waals surface area contributed by atoms with Crippen molar-refractivity contribution in [1.29, 1.82) is 0 Å². The van der Waals surface area contributed by atoms with E-state index in [4.69, 9.17) is 0 Å². The summed E-state index contributed by atoms with van der Waals surface area (Å²) in [6.45, 7) is 3.77. The molecule has 14 heavy (non-hydrogen) atoms. The van der Waals surface area contributed by atoms with Crippen molar-refractivity contribution < 1.29 is 9.90 Å². The van der Waals surface area contributed by atoms with Crippen LogP contribution in [0.4, 0.5) is 0 Å². The second-order valence-corrected chi connectivity index (χ2v) is 5.45. The summed E-state index contributed by atoms with van der Waals surface area (Å²) in [5.41, 5.74) is -0.794. The Morgan fingerprint density at radius 2 is 1.93 bits per heavy atom. The highest BCUT2D eigenvalue weighted by molar-refractivity contribution is 5.79. The van der Waals surface area contributed by atoms with Gasteiger partial charge in [0.1, 0.15) is 0 Å². The van der Waals surface area contributed by atoms with Crippen LogP contribution in [0.25, 0.3) is 0 Å². The number of carbonyl (C=O) groups is 1. The fourth-order valence-electron chi connectivity index (χ4n) is 2.38. The molecule has 0 aromatic carbocycles. The zero-order chi connectivity index (χ0) is 10.3. The van der Waals surface area contributed by atoms with Gasteiger partial charge in [-0.05, 0) is 44.9 Å². The number of amides is 1. The number of nitrogens with one attached hydrogen (secondary N) is 1. The first-order valence-electron chi connectivity index (χ1n) is 5.46. The van der Waals surface area contributed by atoms with E-state index >= 15 is 0 Å². The maximum atomic E-state index is 11.6. The molecule has 2 atom stereocenters. The van der Waals surface area contributed by atoms with E-state index in [2.05, 4.69) is 5.32 Å². The molecular formula is C11H19NO2. The fraction of sp³-hybridized carbons (Fsp3) is 0.909. The van der Waals surface area contributed by atoms with E-state index in [9.17, 15) is 9.90 Å². The third-order valence-corrected chi connectivity index (χ3v) is 3.31. The summed E-state index contributed by atoms with van der Waals surface area (Å²) >= 11 is 0. The van der Waals surface area contributed by atoms with Crippen molar-refractivity contribution in [2.45, 2.75) is 38.7 Å². The molecule has 3 heteroatoms. The number of hydrogen-bond acceptors (Lipinski definition) is 2. The van der Waals surface area contributed by atoms with Crippen LogP contribution in [0.3, 0.4) is 0 Å². The quantitative estimate of drug-likeness (QED) is 0.707. The number of aliphatic hydroxyl groups is 1. The summed E-state index contributed by atoms with van der Waals surface area (Å²) < 4.78 is 0. The highest BCUT2D eigenvalue weighted by Gasteiger charge is 2.47. The van der Waals surface area contributed by atoms with Gasteiger partial charge in [-0.25, -0.2) is 0 Å². The summed E-state index contributed by atoms with van der Waals surface area (Å²) in [4.78, 5) is 11.6. The summed E-state index contributed by atoms with van der Waals surface area (Å²) in [7, 11) is 0. The number of fused-ring (bicyclic) bond motifs is 1. The third-order valence-electron chi connectivity index (χ3n) is 3.31. The lowest BCUT2D eigenvalue weighted by Gasteiger charge is -2.19. The van der Waals surface area contributed by atoms with E-state index in [0.29, 0.717) is 6.54 Å². The molecular weight excluding hydrogens is 178 g/mol. The maximum absolute atomic E-state index is 11.6. The lowest BCUT2D eigenvalue weighted by Crippen LogP contribution is -2.40. The SMILES string of the molecule is CC(C)(O)CNC(=O)C1CC2CC2C1. The van der Waals surface area contributed by atoms with Gasteiger partial charge in [0.15, 0.2) is 0 Å². The van der Waals surface area contributed by atoms with Crippen LogP contribution < -0.4 is 5.32 Å². The molecule has 2 unspecified atom stereocenters. The van der Waals surface area contributed by atoms with Crippen molar-refractivity contribution >= 4 is 5.91 Å².